The second kappa shape index (κ2) is 9.34. The number of hydrogen-bond acceptors (Lipinski definition) is 4. The molecule has 1 aliphatic rings. The van der Waals surface area contributed by atoms with Gasteiger partial charge in [0.15, 0.2) is 0 Å². The van der Waals surface area contributed by atoms with Crippen LogP contribution in [-0.4, -0.2) is 38.5 Å². The largest absolute Gasteiger partial charge is 0.463 e. The van der Waals surface area contributed by atoms with Gasteiger partial charge in [-0.15, -0.1) is 0 Å². The number of carbonyl (C=O) groups is 1. The molecule has 0 saturated heterocycles. The highest BCUT2D eigenvalue weighted by atomic mass is 16.6. The van der Waals surface area contributed by atoms with Crippen molar-refractivity contribution in [3.63, 3.8) is 0 Å². The molecule has 106 valence electrons. The summed E-state index contributed by atoms with van der Waals surface area (Å²) in [6.45, 7) is 6.27. The summed E-state index contributed by atoms with van der Waals surface area (Å²) in [5.74, 6) is 0.107. The van der Waals surface area contributed by atoms with E-state index in [0.717, 1.165) is 19.3 Å². The molecule has 0 aromatic carbocycles. The highest BCUT2D eigenvalue weighted by molar-refractivity contribution is 5.74. The molecule has 0 radical (unpaired) electrons. The van der Waals surface area contributed by atoms with Crippen LogP contribution in [0, 0.1) is 5.92 Å². The van der Waals surface area contributed by atoms with E-state index in [1.807, 2.05) is 0 Å². The Morgan fingerprint density at radius 1 is 1.22 bits per heavy atom. The highest BCUT2D eigenvalue weighted by Crippen LogP contribution is 2.29. The summed E-state index contributed by atoms with van der Waals surface area (Å²) in [7, 11) is 0. The first-order chi connectivity index (χ1) is 8.74. The first-order valence-corrected chi connectivity index (χ1v) is 7.10. The van der Waals surface area contributed by atoms with Crippen LogP contribution in [0.5, 0.6) is 0 Å². The lowest BCUT2D eigenvalue weighted by Gasteiger charge is -2.12. The van der Waals surface area contributed by atoms with Crippen LogP contribution in [0.1, 0.15) is 46.0 Å². The maximum Gasteiger partial charge on any atom is 0.309 e. The molecule has 1 saturated carbocycles. The van der Waals surface area contributed by atoms with Crippen molar-refractivity contribution in [2.24, 2.45) is 5.92 Å². The van der Waals surface area contributed by atoms with Crippen molar-refractivity contribution in [1.82, 2.24) is 0 Å². The van der Waals surface area contributed by atoms with Gasteiger partial charge in [-0.3, -0.25) is 4.79 Å². The minimum Gasteiger partial charge on any atom is -0.463 e. The predicted octanol–water partition coefficient (Wildman–Crippen LogP) is 2.55. The Balaban J connectivity index is 1.79. The first-order valence-electron chi connectivity index (χ1n) is 7.10. The smallest absolute Gasteiger partial charge is 0.309 e. The van der Waals surface area contributed by atoms with Crippen molar-refractivity contribution in [3.05, 3.63) is 0 Å². The van der Waals surface area contributed by atoms with Crippen LogP contribution in [0.15, 0.2) is 0 Å². The molecule has 0 amide bonds. The molecule has 4 nitrogen and oxygen atoms in total. The van der Waals surface area contributed by atoms with Gasteiger partial charge in [0.25, 0.3) is 0 Å². The van der Waals surface area contributed by atoms with Gasteiger partial charge >= 0.3 is 5.97 Å². The number of hydrogen-bond donors (Lipinski definition) is 0. The van der Waals surface area contributed by atoms with E-state index in [1.54, 1.807) is 0 Å². The minimum atomic E-state index is -0.0666. The lowest BCUT2D eigenvalue weighted by molar-refractivity contribution is -0.146. The average Bonchev–Trinajstić information content (AvgIpc) is 3.19. The Kier molecular flexibility index (Phi) is 8.01. The van der Waals surface area contributed by atoms with E-state index in [-0.39, 0.29) is 11.9 Å². The summed E-state index contributed by atoms with van der Waals surface area (Å²) in [6, 6.07) is 0. The van der Waals surface area contributed by atoms with Gasteiger partial charge in [0.1, 0.15) is 6.61 Å². The van der Waals surface area contributed by atoms with Gasteiger partial charge in [0.2, 0.25) is 0 Å². The number of carbonyl (C=O) groups excluding carboxylic acids is 1. The van der Waals surface area contributed by atoms with Crippen molar-refractivity contribution >= 4 is 5.97 Å². The van der Waals surface area contributed by atoms with Crippen LogP contribution in [-0.2, 0) is 19.0 Å². The Morgan fingerprint density at radius 3 is 2.61 bits per heavy atom. The molecule has 0 aromatic heterocycles. The molecular weight excluding hydrogens is 232 g/mol. The van der Waals surface area contributed by atoms with Crippen LogP contribution in [0.25, 0.3) is 0 Å². The molecule has 1 atom stereocenters. The second-order valence-corrected chi connectivity index (χ2v) is 4.88. The Hall–Kier alpha value is -0.610. The number of ether oxygens (including phenoxy) is 3. The topological polar surface area (TPSA) is 44.8 Å². The third-order valence-electron chi connectivity index (χ3n) is 2.98. The summed E-state index contributed by atoms with van der Waals surface area (Å²) in [5, 5.41) is 0. The molecule has 1 rings (SSSR count). The number of esters is 1. The van der Waals surface area contributed by atoms with Crippen LogP contribution in [0.4, 0.5) is 0 Å². The van der Waals surface area contributed by atoms with E-state index in [2.05, 4.69) is 13.8 Å². The van der Waals surface area contributed by atoms with Gasteiger partial charge in [-0.25, -0.2) is 0 Å². The molecule has 0 aromatic rings. The normalized spacial score (nSPS) is 16.6. The molecule has 18 heavy (non-hydrogen) atoms. The summed E-state index contributed by atoms with van der Waals surface area (Å²) >= 11 is 0. The number of unbranched alkanes of at least 4 members (excludes halogenated alkanes) is 1. The second-order valence-electron chi connectivity index (χ2n) is 4.88. The standard InChI is InChI=1S/C14H26O4/c1-3-4-5-12(2)17-10-8-16-9-11-18-14(15)13-6-7-13/h12-13H,3-11H2,1-2H3. The van der Waals surface area contributed by atoms with Gasteiger partial charge in [-0.1, -0.05) is 19.8 Å². The summed E-state index contributed by atoms with van der Waals surface area (Å²) < 4.78 is 16.0. The lowest BCUT2D eigenvalue weighted by Crippen LogP contribution is -2.16. The average molecular weight is 258 g/mol. The molecule has 1 aliphatic carbocycles. The fourth-order valence-electron chi connectivity index (χ4n) is 1.62. The lowest BCUT2D eigenvalue weighted by atomic mass is 10.2. The molecule has 0 heterocycles. The van der Waals surface area contributed by atoms with Crippen LogP contribution in [0.2, 0.25) is 0 Å². The van der Waals surface area contributed by atoms with Crippen molar-refractivity contribution < 1.29 is 19.0 Å². The molecule has 1 fully saturated rings. The predicted molar refractivity (Wildman–Crippen MR) is 69.4 cm³/mol. The maximum atomic E-state index is 11.2. The zero-order chi connectivity index (χ0) is 13.2. The van der Waals surface area contributed by atoms with Crippen molar-refractivity contribution in [2.75, 3.05) is 26.4 Å². The fraction of sp³-hybridized carbons (Fsp3) is 0.929. The molecular formula is C14H26O4. The van der Waals surface area contributed by atoms with E-state index < -0.39 is 0 Å². The third-order valence-corrected chi connectivity index (χ3v) is 2.98. The van der Waals surface area contributed by atoms with Gasteiger partial charge in [0, 0.05) is 0 Å². The minimum absolute atomic E-state index is 0.0666. The van der Waals surface area contributed by atoms with Gasteiger partial charge in [-0.05, 0) is 26.2 Å². The summed E-state index contributed by atoms with van der Waals surface area (Å²) in [6.07, 6.45) is 5.80. The van der Waals surface area contributed by atoms with Gasteiger partial charge in [0.05, 0.1) is 31.8 Å². The van der Waals surface area contributed by atoms with Crippen LogP contribution >= 0.6 is 0 Å². The maximum absolute atomic E-state index is 11.2. The molecule has 0 bridgehead atoms. The van der Waals surface area contributed by atoms with Gasteiger partial charge in [-0.2, -0.15) is 0 Å². The highest BCUT2D eigenvalue weighted by Gasteiger charge is 2.30. The van der Waals surface area contributed by atoms with E-state index in [0.29, 0.717) is 32.5 Å². The summed E-state index contributed by atoms with van der Waals surface area (Å²) in [5.41, 5.74) is 0. The molecule has 0 N–H and O–H groups in total. The Bertz CT molecular complexity index is 226. The Labute approximate surface area is 110 Å². The van der Waals surface area contributed by atoms with Crippen molar-refractivity contribution in [3.8, 4) is 0 Å². The van der Waals surface area contributed by atoms with E-state index in [1.165, 1.54) is 12.8 Å². The SMILES string of the molecule is CCCCC(C)OCCOCCOC(=O)C1CC1. The number of rotatable bonds is 11. The molecule has 4 heteroatoms. The van der Waals surface area contributed by atoms with Gasteiger partial charge < -0.3 is 14.2 Å². The van der Waals surface area contributed by atoms with Crippen molar-refractivity contribution in [2.45, 2.75) is 52.1 Å². The Morgan fingerprint density at radius 2 is 1.94 bits per heavy atom. The molecule has 0 spiro atoms. The van der Waals surface area contributed by atoms with E-state index >= 15 is 0 Å². The molecule has 1 unspecified atom stereocenters. The third kappa shape index (κ3) is 7.67. The van der Waals surface area contributed by atoms with E-state index in [4.69, 9.17) is 14.2 Å². The van der Waals surface area contributed by atoms with Crippen molar-refractivity contribution in [1.29, 1.82) is 0 Å². The van der Waals surface area contributed by atoms with E-state index in [9.17, 15) is 4.79 Å². The van der Waals surface area contributed by atoms with Crippen LogP contribution in [0.3, 0.4) is 0 Å². The molecule has 0 aliphatic heterocycles. The zero-order valence-electron chi connectivity index (χ0n) is 11.7. The summed E-state index contributed by atoms with van der Waals surface area (Å²) in [4.78, 5) is 11.2. The monoisotopic (exact) mass is 258 g/mol. The zero-order valence-corrected chi connectivity index (χ0v) is 11.7. The first kappa shape index (κ1) is 15.4. The van der Waals surface area contributed by atoms with Crippen LogP contribution < -0.4 is 0 Å². The quantitative estimate of drug-likeness (QED) is 0.422. The fourth-order valence-corrected chi connectivity index (χ4v) is 1.62.